The van der Waals surface area contributed by atoms with E-state index in [9.17, 15) is 15.3 Å². The van der Waals surface area contributed by atoms with Crippen molar-refractivity contribution in [1.82, 2.24) is 0 Å². The zero-order valence-corrected chi connectivity index (χ0v) is 27.7. The Labute approximate surface area is 292 Å². The summed E-state index contributed by atoms with van der Waals surface area (Å²) in [6.45, 7) is 1.69. The van der Waals surface area contributed by atoms with Crippen molar-refractivity contribution < 1.29 is 19.7 Å². The lowest BCUT2D eigenvalue weighted by atomic mass is 9.84. The number of furan rings is 1. The van der Waals surface area contributed by atoms with Crippen LogP contribution in [0.1, 0.15) is 5.56 Å². The number of halogens is 1. The minimum Gasteiger partial charge on any atom is -0.504 e. The van der Waals surface area contributed by atoms with Gasteiger partial charge < -0.3 is 19.7 Å². The van der Waals surface area contributed by atoms with Gasteiger partial charge in [-0.3, -0.25) is 0 Å². The zero-order chi connectivity index (χ0) is 34.1. The monoisotopic (exact) mass is 668 g/mol. The molecule has 0 atom stereocenters. The van der Waals surface area contributed by atoms with Crippen molar-refractivity contribution in [3.05, 3.63) is 150 Å². The van der Waals surface area contributed by atoms with Gasteiger partial charge in [-0.2, -0.15) is 0 Å². The van der Waals surface area contributed by atoms with Crippen LogP contribution in [0.5, 0.6) is 17.2 Å². The smallest absolute Gasteiger partial charge is 0.202 e. The second-order valence-corrected chi connectivity index (χ2v) is 13.0. The molecular weight excluding hydrogens is 640 g/mol. The zero-order valence-electron chi connectivity index (χ0n) is 26.9. The van der Waals surface area contributed by atoms with Crippen LogP contribution in [0.2, 0.25) is 5.02 Å². The molecular formula is C45H29ClO4. The van der Waals surface area contributed by atoms with Gasteiger partial charge in [0, 0.05) is 27.5 Å². The van der Waals surface area contributed by atoms with Gasteiger partial charge in [-0.15, -0.1) is 0 Å². The van der Waals surface area contributed by atoms with Crippen molar-refractivity contribution in [3.8, 4) is 61.8 Å². The Morgan fingerprint density at radius 1 is 0.460 bits per heavy atom. The number of hydrogen-bond acceptors (Lipinski definition) is 4. The third-order valence-corrected chi connectivity index (χ3v) is 10.2. The van der Waals surface area contributed by atoms with Crippen LogP contribution >= 0.6 is 11.6 Å². The summed E-state index contributed by atoms with van der Waals surface area (Å²) in [7, 11) is 0. The summed E-state index contributed by atoms with van der Waals surface area (Å²) in [4.78, 5) is 0. The van der Waals surface area contributed by atoms with Crippen molar-refractivity contribution in [3.63, 3.8) is 0 Å². The number of rotatable bonds is 4. The summed E-state index contributed by atoms with van der Waals surface area (Å²) in [5.41, 5.74) is 9.63. The predicted octanol–water partition coefficient (Wildman–Crippen LogP) is 12.6. The summed E-state index contributed by atoms with van der Waals surface area (Å²) >= 11 is 6.77. The van der Waals surface area contributed by atoms with Crippen molar-refractivity contribution in [2.45, 2.75) is 6.92 Å². The maximum absolute atomic E-state index is 10.8. The molecule has 9 rings (SSSR count). The molecule has 0 aliphatic carbocycles. The number of phenolic OH excluding ortho intramolecular Hbond substituents is 3. The highest BCUT2D eigenvalue weighted by atomic mass is 35.5. The molecule has 1 heterocycles. The van der Waals surface area contributed by atoms with E-state index in [-0.39, 0.29) is 5.02 Å². The predicted molar refractivity (Wildman–Crippen MR) is 205 cm³/mol. The van der Waals surface area contributed by atoms with Crippen molar-refractivity contribution >= 4 is 55.1 Å². The van der Waals surface area contributed by atoms with E-state index in [0.717, 1.165) is 82.4 Å². The van der Waals surface area contributed by atoms with E-state index < -0.39 is 17.2 Å². The molecule has 0 radical (unpaired) electrons. The first kappa shape index (κ1) is 29.9. The fourth-order valence-electron chi connectivity index (χ4n) is 7.54. The lowest BCUT2D eigenvalue weighted by Gasteiger charge is -2.21. The highest BCUT2D eigenvalue weighted by molar-refractivity contribution is 6.37. The molecule has 50 heavy (non-hydrogen) atoms. The van der Waals surface area contributed by atoms with Crippen LogP contribution in [0.25, 0.3) is 88.0 Å². The van der Waals surface area contributed by atoms with Crippen LogP contribution in [-0.4, -0.2) is 15.3 Å². The van der Waals surface area contributed by atoms with Gasteiger partial charge >= 0.3 is 0 Å². The molecule has 240 valence electrons. The highest BCUT2D eigenvalue weighted by Crippen LogP contribution is 2.53. The van der Waals surface area contributed by atoms with E-state index in [0.29, 0.717) is 11.1 Å². The molecule has 9 aromatic rings. The number of aromatic hydroxyl groups is 3. The number of benzene rings is 8. The Hall–Kier alpha value is -6.23. The molecule has 0 spiro atoms. The molecule has 8 aromatic carbocycles. The summed E-state index contributed by atoms with van der Waals surface area (Å²) in [5.74, 6) is -1.59. The molecule has 3 N–H and O–H groups in total. The normalized spacial score (nSPS) is 11.6. The van der Waals surface area contributed by atoms with E-state index in [1.54, 1.807) is 6.92 Å². The Balaban J connectivity index is 1.39. The lowest BCUT2D eigenvalue weighted by molar-refractivity contribution is 0.366. The summed E-state index contributed by atoms with van der Waals surface area (Å²) in [6, 6.07) is 47.7. The molecule has 0 amide bonds. The maximum Gasteiger partial charge on any atom is 0.202 e. The quantitative estimate of drug-likeness (QED) is 0.129. The fourth-order valence-corrected chi connectivity index (χ4v) is 7.87. The second-order valence-electron chi connectivity index (χ2n) is 12.6. The standard InChI is InChI=1S/C45H29ClO4/c1-25-37(41(46)43(48)44(49)42(25)47)39-33-18-10-8-16-31(33)38(32-17-9-11-19-34(32)39)28-20-23-36-35(24-28)40-29(26-12-4-2-5-13-26)21-22-30(45(40)50-36)27-14-6-3-7-15-27/h2-24,47-49H,1H3. The molecule has 0 saturated heterocycles. The lowest BCUT2D eigenvalue weighted by Crippen LogP contribution is -1.94. The van der Waals surface area contributed by atoms with Crippen LogP contribution in [0, 0.1) is 6.92 Å². The van der Waals surface area contributed by atoms with Crippen molar-refractivity contribution in [1.29, 1.82) is 0 Å². The van der Waals surface area contributed by atoms with Gasteiger partial charge in [-0.05, 0) is 80.0 Å². The first-order chi connectivity index (χ1) is 24.4. The largest absolute Gasteiger partial charge is 0.504 e. The first-order valence-corrected chi connectivity index (χ1v) is 16.8. The molecule has 0 bridgehead atoms. The maximum atomic E-state index is 10.8. The molecule has 0 unspecified atom stereocenters. The fraction of sp³-hybridized carbons (Fsp3) is 0.0222. The van der Waals surface area contributed by atoms with Crippen molar-refractivity contribution in [2.24, 2.45) is 0 Å². The topological polar surface area (TPSA) is 73.8 Å². The molecule has 0 aliphatic rings. The highest BCUT2D eigenvalue weighted by Gasteiger charge is 2.26. The van der Waals surface area contributed by atoms with E-state index in [4.69, 9.17) is 16.0 Å². The Kier molecular flexibility index (Phi) is 6.83. The van der Waals surface area contributed by atoms with Gasteiger partial charge in [0.25, 0.3) is 0 Å². The minimum absolute atomic E-state index is 0.0187. The van der Waals surface area contributed by atoms with Crippen LogP contribution in [0.4, 0.5) is 0 Å². The van der Waals surface area contributed by atoms with E-state index >= 15 is 0 Å². The van der Waals surface area contributed by atoms with Gasteiger partial charge in [0.15, 0.2) is 11.5 Å². The molecule has 0 aliphatic heterocycles. The van der Waals surface area contributed by atoms with Gasteiger partial charge in [-0.1, -0.05) is 133 Å². The minimum atomic E-state index is -0.632. The van der Waals surface area contributed by atoms with E-state index in [1.807, 2.05) is 60.7 Å². The van der Waals surface area contributed by atoms with Crippen LogP contribution in [0.15, 0.2) is 144 Å². The van der Waals surface area contributed by atoms with Gasteiger partial charge in [0.2, 0.25) is 5.75 Å². The average molecular weight is 669 g/mol. The number of fused-ring (bicyclic) bond motifs is 5. The third-order valence-electron chi connectivity index (χ3n) is 9.86. The summed E-state index contributed by atoms with van der Waals surface area (Å²) < 4.78 is 6.72. The molecule has 4 nitrogen and oxygen atoms in total. The van der Waals surface area contributed by atoms with Gasteiger partial charge in [0.05, 0.1) is 5.02 Å². The Morgan fingerprint density at radius 3 is 1.58 bits per heavy atom. The number of phenols is 3. The third kappa shape index (κ3) is 4.39. The van der Waals surface area contributed by atoms with Gasteiger partial charge in [-0.25, -0.2) is 0 Å². The first-order valence-electron chi connectivity index (χ1n) is 16.4. The summed E-state index contributed by atoms with van der Waals surface area (Å²) in [6.07, 6.45) is 0. The Bertz CT molecular complexity index is 2710. The molecule has 0 saturated carbocycles. The van der Waals surface area contributed by atoms with Crippen LogP contribution < -0.4 is 0 Å². The molecule has 5 heteroatoms. The second kappa shape index (κ2) is 11.4. The number of hydrogen-bond donors (Lipinski definition) is 3. The van der Waals surface area contributed by atoms with Crippen molar-refractivity contribution in [2.75, 3.05) is 0 Å². The van der Waals surface area contributed by atoms with E-state index in [1.165, 1.54) is 0 Å². The van der Waals surface area contributed by atoms with E-state index in [2.05, 4.69) is 78.9 Å². The Morgan fingerprint density at radius 2 is 0.980 bits per heavy atom. The van der Waals surface area contributed by atoms with Gasteiger partial charge in [0.1, 0.15) is 11.2 Å². The molecule has 1 aromatic heterocycles. The summed E-state index contributed by atoms with van der Waals surface area (Å²) in [5, 5.41) is 37.7. The SMILES string of the molecule is Cc1c(O)c(O)c(O)c(Cl)c1-c1c2ccccc2c(-c2ccc3oc4c(-c5ccccc5)ccc(-c5ccccc5)c4c3c2)c2ccccc12. The van der Waals surface area contributed by atoms with Crippen LogP contribution in [-0.2, 0) is 0 Å². The average Bonchev–Trinajstić information content (AvgIpc) is 3.55. The van der Waals surface area contributed by atoms with Crippen LogP contribution in [0.3, 0.4) is 0 Å². The molecule has 0 fully saturated rings.